The Labute approximate surface area is 90.5 Å². The summed E-state index contributed by atoms with van der Waals surface area (Å²) < 4.78 is 5.26. The lowest BCUT2D eigenvalue weighted by atomic mass is 10.1. The third-order valence-corrected chi connectivity index (χ3v) is 2.19. The third-order valence-electron chi connectivity index (χ3n) is 2.19. The van der Waals surface area contributed by atoms with Gasteiger partial charge in [0, 0.05) is 19.0 Å². The molecule has 0 aliphatic carbocycles. The molecule has 0 aromatic carbocycles. The van der Waals surface area contributed by atoms with E-state index in [9.17, 15) is 9.90 Å². The average molecular weight is 213 g/mol. The van der Waals surface area contributed by atoms with Crippen molar-refractivity contribution in [3.05, 3.63) is 11.8 Å². The van der Waals surface area contributed by atoms with Crippen molar-refractivity contribution in [2.24, 2.45) is 0 Å². The van der Waals surface area contributed by atoms with Crippen LogP contribution in [0.25, 0.3) is 0 Å². The van der Waals surface area contributed by atoms with E-state index in [1.165, 1.54) is 0 Å². The van der Waals surface area contributed by atoms with Gasteiger partial charge in [-0.05, 0) is 33.8 Å². The lowest BCUT2D eigenvalue weighted by Gasteiger charge is -2.33. The van der Waals surface area contributed by atoms with Crippen LogP contribution in [-0.4, -0.2) is 34.3 Å². The fraction of sp³-hybridized carbons (Fsp3) is 0.727. The highest BCUT2D eigenvalue weighted by Crippen LogP contribution is 2.18. The van der Waals surface area contributed by atoms with E-state index in [1.54, 1.807) is 11.0 Å². The predicted octanol–water partition coefficient (Wildman–Crippen LogP) is 2.46. The van der Waals surface area contributed by atoms with Gasteiger partial charge in [0.2, 0.25) is 0 Å². The van der Waals surface area contributed by atoms with E-state index >= 15 is 0 Å². The summed E-state index contributed by atoms with van der Waals surface area (Å²) in [4.78, 5) is 13.3. The lowest BCUT2D eigenvalue weighted by molar-refractivity contribution is 0.0177. The summed E-state index contributed by atoms with van der Waals surface area (Å²) in [7, 11) is 0. The molecule has 0 aromatic heterocycles. The summed E-state index contributed by atoms with van der Waals surface area (Å²) >= 11 is 0. The number of amides is 1. The van der Waals surface area contributed by atoms with Gasteiger partial charge in [0.1, 0.15) is 5.60 Å². The van der Waals surface area contributed by atoms with E-state index in [-0.39, 0.29) is 12.1 Å². The fourth-order valence-corrected chi connectivity index (χ4v) is 1.45. The highest BCUT2D eigenvalue weighted by molar-refractivity contribution is 5.69. The predicted molar refractivity (Wildman–Crippen MR) is 57.7 cm³/mol. The molecule has 0 radical (unpaired) electrons. The van der Waals surface area contributed by atoms with Gasteiger partial charge in [-0.25, -0.2) is 4.79 Å². The number of aliphatic hydroxyl groups excluding tert-OH is 1. The normalized spacial score (nSPS) is 22.3. The van der Waals surface area contributed by atoms with Crippen LogP contribution >= 0.6 is 0 Å². The zero-order valence-electron chi connectivity index (χ0n) is 9.78. The summed E-state index contributed by atoms with van der Waals surface area (Å²) in [6, 6.07) is -0.00940. The third kappa shape index (κ3) is 3.46. The first-order valence-corrected chi connectivity index (χ1v) is 5.17. The van der Waals surface area contributed by atoms with Crippen molar-refractivity contribution in [2.45, 2.75) is 45.8 Å². The Morgan fingerprint density at radius 1 is 1.60 bits per heavy atom. The molecule has 1 N–H and O–H groups in total. The van der Waals surface area contributed by atoms with Gasteiger partial charge in [-0.15, -0.1) is 0 Å². The van der Waals surface area contributed by atoms with Gasteiger partial charge in [0.25, 0.3) is 0 Å². The molecule has 0 unspecified atom stereocenters. The maximum Gasteiger partial charge on any atom is 0.410 e. The molecular weight excluding hydrogens is 194 g/mol. The largest absolute Gasteiger partial charge is 0.513 e. The van der Waals surface area contributed by atoms with Crippen LogP contribution in [-0.2, 0) is 4.74 Å². The van der Waals surface area contributed by atoms with Crippen molar-refractivity contribution in [3.8, 4) is 0 Å². The SMILES string of the molecule is C[C@H]1CC(O)=CCN1C(=O)OC(C)(C)C. The Morgan fingerprint density at radius 2 is 2.20 bits per heavy atom. The molecule has 0 aromatic rings. The van der Waals surface area contributed by atoms with Gasteiger partial charge in [-0.1, -0.05) is 0 Å². The molecule has 0 bridgehead atoms. The van der Waals surface area contributed by atoms with Gasteiger partial charge in [-0.3, -0.25) is 0 Å². The second-order valence-electron chi connectivity index (χ2n) is 4.88. The monoisotopic (exact) mass is 213 g/mol. The van der Waals surface area contributed by atoms with Crippen LogP contribution in [0, 0.1) is 0 Å². The minimum Gasteiger partial charge on any atom is -0.513 e. The number of rotatable bonds is 0. The molecule has 15 heavy (non-hydrogen) atoms. The Bertz CT molecular complexity index is 278. The van der Waals surface area contributed by atoms with E-state index in [4.69, 9.17) is 4.74 Å². The first-order valence-electron chi connectivity index (χ1n) is 5.17. The summed E-state index contributed by atoms with van der Waals surface area (Å²) in [5, 5.41) is 9.29. The second kappa shape index (κ2) is 4.13. The highest BCUT2D eigenvalue weighted by Gasteiger charge is 2.28. The summed E-state index contributed by atoms with van der Waals surface area (Å²) in [6.45, 7) is 7.83. The Balaban J connectivity index is 2.61. The van der Waals surface area contributed by atoms with Crippen LogP contribution in [0.5, 0.6) is 0 Å². The molecule has 0 spiro atoms. The number of nitrogens with zero attached hydrogens (tertiary/aromatic N) is 1. The van der Waals surface area contributed by atoms with Crippen LogP contribution in [0.15, 0.2) is 11.8 Å². The molecule has 0 fully saturated rings. The molecule has 1 atom stereocenters. The molecule has 4 heteroatoms. The standard InChI is InChI=1S/C11H19NO3/c1-8-7-9(13)5-6-12(8)10(14)15-11(2,3)4/h5,8,13H,6-7H2,1-4H3/t8-/m0/s1. The Morgan fingerprint density at radius 3 is 2.67 bits per heavy atom. The number of hydrogen-bond acceptors (Lipinski definition) is 3. The molecule has 1 aliphatic rings. The van der Waals surface area contributed by atoms with Crippen LogP contribution in [0.2, 0.25) is 0 Å². The maximum absolute atomic E-state index is 11.7. The first-order chi connectivity index (χ1) is 6.79. The molecule has 4 nitrogen and oxygen atoms in total. The quantitative estimate of drug-likeness (QED) is 0.672. The summed E-state index contributed by atoms with van der Waals surface area (Å²) in [5.41, 5.74) is -0.472. The highest BCUT2D eigenvalue weighted by atomic mass is 16.6. The van der Waals surface area contributed by atoms with Crippen molar-refractivity contribution >= 4 is 6.09 Å². The van der Waals surface area contributed by atoms with Gasteiger partial charge in [0.15, 0.2) is 0 Å². The average Bonchev–Trinajstić information content (AvgIpc) is 1.99. The first kappa shape index (κ1) is 11.9. The molecule has 1 rings (SSSR count). The molecule has 1 heterocycles. The van der Waals surface area contributed by atoms with E-state index in [2.05, 4.69) is 0 Å². The van der Waals surface area contributed by atoms with Crippen LogP contribution < -0.4 is 0 Å². The van der Waals surface area contributed by atoms with Crippen LogP contribution in [0.4, 0.5) is 4.79 Å². The van der Waals surface area contributed by atoms with Gasteiger partial charge in [-0.2, -0.15) is 0 Å². The van der Waals surface area contributed by atoms with Crippen molar-refractivity contribution < 1.29 is 14.6 Å². The van der Waals surface area contributed by atoms with Crippen LogP contribution in [0.1, 0.15) is 34.1 Å². The Hall–Kier alpha value is -1.19. The Kier molecular flexibility index (Phi) is 3.27. The zero-order chi connectivity index (χ0) is 11.6. The summed E-state index contributed by atoms with van der Waals surface area (Å²) in [6.07, 6.45) is 1.82. The number of carbonyl (C=O) groups excluding carboxylic acids is 1. The second-order valence-corrected chi connectivity index (χ2v) is 4.88. The molecule has 0 saturated carbocycles. The minimum atomic E-state index is -0.472. The van der Waals surface area contributed by atoms with E-state index in [1.807, 2.05) is 27.7 Å². The number of hydrogen-bond donors (Lipinski definition) is 1. The fourth-order valence-electron chi connectivity index (χ4n) is 1.45. The molecule has 1 amide bonds. The van der Waals surface area contributed by atoms with E-state index < -0.39 is 5.60 Å². The van der Waals surface area contributed by atoms with Gasteiger partial charge < -0.3 is 14.7 Å². The maximum atomic E-state index is 11.7. The summed E-state index contributed by atoms with van der Waals surface area (Å²) in [5.74, 6) is 0.349. The lowest BCUT2D eigenvalue weighted by Crippen LogP contribution is -2.44. The van der Waals surface area contributed by atoms with E-state index in [0.717, 1.165) is 0 Å². The van der Waals surface area contributed by atoms with Crippen molar-refractivity contribution in [2.75, 3.05) is 6.54 Å². The van der Waals surface area contributed by atoms with Gasteiger partial charge in [0.05, 0.1) is 5.76 Å². The van der Waals surface area contributed by atoms with Crippen molar-refractivity contribution in [3.63, 3.8) is 0 Å². The number of aliphatic hydroxyl groups is 1. The molecular formula is C11H19NO3. The molecule has 0 saturated heterocycles. The zero-order valence-corrected chi connectivity index (χ0v) is 9.78. The van der Waals surface area contributed by atoms with Crippen molar-refractivity contribution in [1.82, 2.24) is 4.90 Å². The number of ether oxygens (including phenoxy) is 1. The van der Waals surface area contributed by atoms with Crippen molar-refractivity contribution in [1.29, 1.82) is 0 Å². The minimum absolute atomic E-state index is 0.00940. The van der Waals surface area contributed by atoms with Gasteiger partial charge >= 0.3 is 6.09 Å². The smallest absolute Gasteiger partial charge is 0.410 e. The topological polar surface area (TPSA) is 49.8 Å². The van der Waals surface area contributed by atoms with Crippen LogP contribution in [0.3, 0.4) is 0 Å². The molecule has 1 aliphatic heterocycles. The number of carbonyl (C=O) groups is 1. The van der Waals surface area contributed by atoms with E-state index in [0.29, 0.717) is 18.7 Å². The molecule has 86 valence electrons.